The maximum atomic E-state index is 13.7. The molecule has 2 aromatic carbocycles. The van der Waals surface area contributed by atoms with E-state index < -0.39 is 55.0 Å². The van der Waals surface area contributed by atoms with E-state index in [9.17, 15) is 24.0 Å². The van der Waals surface area contributed by atoms with Crippen molar-refractivity contribution < 1.29 is 70.4 Å². The molecule has 0 unspecified atom stereocenters. The fourth-order valence-corrected chi connectivity index (χ4v) is 18.0. The van der Waals surface area contributed by atoms with Crippen molar-refractivity contribution in [2.45, 2.75) is 192 Å². The third-order valence-corrected chi connectivity index (χ3v) is 24.3. The number of morpholine rings is 2. The first-order chi connectivity index (χ1) is 47.3. The van der Waals surface area contributed by atoms with Crippen LogP contribution in [0.5, 0.6) is 0 Å². The monoisotopic (exact) mass is 1360 g/mol. The maximum Gasteiger partial charge on any atom is 0.482 e. The van der Waals surface area contributed by atoms with Gasteiger partial charge < -0.3 is 76.5 Å². The summed E-state index contributed by atoms with van der Waals surface area (Å²) in [5.41, 5.74) is 2.34. The summed E-state index contributed by atoms with van der Waals surface area (Å²) >= 11 is 0. The van der Waals surface area contributed by atoms with Crippen molar-refractivity contribution in [1.82, 2.24) is 30.2 Å². The molecule has 0 spiro atoms. The van der Waals surface area contributed by atoms with Crippen molar-refractivity contribution in [3.05, 3.63) is 107 Å². The number of carbonyl (C=O) groups excluding carboxylic acids is 5. The standard InChI is InChI=1S/C37H49BN4O7.C29H36BN3O6.C8H15NO2/c1-35(2,41-14-16-45-17-15-41)21-28(39-6)33(43)42-13-9-10-26(42)23-47-34(44)40-32(18-24-22-46-29-12-8-7-11-27(24)29)38-48-31-20-25-19-30(36(25,3)4)37(31,5)49-38;1-28(2)19-13-23(28)29(3)24(14-19)38-30(39-29)25(12-18-16-36-22-10-6-5-9-21(18)22)32-27(35)37-17-20-8-7-11-33(20)26(34)15-31-4;1-8(2,7-10)9-3-5-11-6-4-9/h7-8,11-12,21-22,25-26,30-32H,9-10,13-20,23H2,1-5H3,(H,40,44);5-6,9-10,16,19-20,23-25H,7-8,11-15,17H2,1-3H3,(H,32,35);7H,3-6H2,1-2H3/t25-,26+,30-,31+,32-,37-;19-,20+,23-,24+,25-,29-;/m00./s1. The van der Waals surface area contributed by atoms with Crippen LogP contribution in [0.3, 0.4) is 0 Å². The van der Waals surface area contributed by atoms with E-state index in [0.29, 0.717) is 69.2 Å². The number of fused-ring (bicyclic) bond motifs is 2. The Hall–Kier alpha value is -6.80. The number of benzene rings is 2. The molecule has 6 aliphatic carbocycles. The lowest BCUT2D eigenvalue weighted by Crippen LogP contribution is -2.65. The van der Waals surface area contributed by atoms with Gasteiger partial charge in [-0.3, -0.25) is 19.4 Å². The van der Waals surface area contributed by atoms with Crippen LogP contribution in [0.2, 0.25) is 0 Å². The lowest BCUT2D eigenvalue weighted by Gasteiger charge is -2.64. The summed E-state index contributed by atoms with van der Waals surface area (Å²) < 4.78 is 60.4. The molecule has 6 saturated carbocycles. The molecule has 25 heteroatoms. The molecule has 532 valence electrons. The second kappa shape index (κ2) is 29.3. The van der Waals surface area contributed by atoms with Gasteiger partial charge in [-0.25, -0.2) is 21.0 Å². The number of carbonyl (C=O) groups is 5. The molecule has 12 aliphatic rings. The third-order valence-electron chi connectivity index (χ3n) is 24.3. The van der Waals surface area contributed by atoms with Gasteiger partial charge in [0.15, 0.2) is 0 Å². The minimum absolute atomic E-state index is 0.0128. The molecule has 12 atom stereocenters. The van der Waals surface area contributed by atoms with Crippen molar-refractivity contribution in [3.63, 3.8) is 0 Å². The van der Waals surface area contributed by atoms with Crippen LogP contribution in [-0.2, 0) is 64.8 Å². The van der Waals surface area contributed by atoms with Crippen LogP contribution < -0.4 is 10.6 Å². The molecule has 4 aromatic rings. The van der Waals surface area contributed by atoms with Crippen LogP contribution in [0.1, 0.15) is 132 Å². The van der Waals surface area contributed by atoms with E-state index in [1.165, 1.54) is 0 Å². The van der Waals surface area contributed by atoms with Gasteiger partial charge in [-0.05, 0) is 164 Å². The van der Waals surface area contributed by atoms with Gasteiger partial charge >= 0.3 is 32.3 Å². The van der Waals surface area contributed by atoms with E-state index in [1.54, 1.807) is 28.4 Å². The third kappa shape index (κ3) is 14.7. The number of hydrogen-bond donors (Lipinski definition) is 2. The summed E-state index contributed by atoms with van der Waals surface area (Å²) in [7, 11) is -1.28. The van der Waals surface area contributed by atoms with E-state index in [-0.39, 0.29) is 77.9 Å². The normalized spacial score (nSPS) is 29.8. The van der Waals surface area contributed by atoms with E-state index in [2.05, 4.69) is 71.7 Å². The predicted molar refractivity (Wildman–Crippen MR) is 371 cm³/mol. The molecule has 4 amide bonds. The summed E-state index contributed by atoms with van der Waals surface area (Å²) in [5.74, 6) is 0.452. The largest absolute Gasteiger partial charge is 0.482 e. The van der Waals surface area contributed by atoms with Crippen LogP contribution >= 0.6 is 0 Å². The Morgan fingerprint density at radius 1 is 0.636 bits per heavy atom. The molecule has 23 nitrogen and oxygen atoms in total. The Bertz CT molecular complexity index is 3700. The molecular formula is C74H100B2N8O15. The number of para-hydroxylation sites is 2. The Kier molecular flexibility index (Phi) is 21.3. The van der Waals surface area contributed by atoms with Crippen molar-refractivity contribution in [2.24, 2.45) is 34.5 Å². The van der Waals surface area contributed by atoms with E-state index in [0.717, 1.165) is 124 Å². The molecule has 6 aliphatic heterocycles. The van der Waals surface area contributed by atoms with Crippen molar-refractivity contribution in [2.75, 3.05) is 85.5 Å². The predicted octanol–water partition coefficient (Wildman–Crippen LogP) is 9.79. The Balaban J connectivity index is 0.000000166. The summed E-state index contributed by atoms with van der Waals surface area (Å²) in [6, 6.07) is 15.1. The fraction of sp³-hybridized carbons (Fsp3) is 0.662. The molecule has 99 heavy (non-hydrogen) atoms. The summed E-state index contributed by atoms with van der Waals surface area (Å²) in [6.45, 7) is 43.4. The van der Waals surface area contributed by atoms with Crippen LogP contribution in [-0.4, -0.2) is 208 Å². The van der Waals surface area contributed by atoms with E-state index in [4.69, 9.17) is 59.5 Å². The SMILES string of the molecule is CC(C)(C=O)N1CCOCC1.[C-]#[N+]C(=CC(C)(C)N1CCOCC1)C(=O)N1CCC[C@@H]1COC(=O)N[C@@H](Cc1coc2ccccc12)B1O[C@@H]2C[C@@H]3C[C@@H](C3(C)C)[C@]2(C)O1.[C-]#[N+]CC(=O)N1CCC[C@@H]1COC(=O)N[C@@H](Cc1coc2ccccc12)B1O[C@@H]2C[C@@H]3C[C@@H](C3(C)C)[C@]2(C)O1. The van der Waals surface area contributed by atoms with E-state index >= 15 is 0 Å². The van der Waals surface area contributed by atoms with Gasteiger partial charge in [0, 0.05) is 55.6 Å². The first kappa shape index (κ1) is 72.0. The van der Waals surface area contributed by atoms with Gasteiger partial charge in [0.05, 0.1) is 98.4 Å². The number of nitrogens with zero attached hydrogens (tertiary/aromatic N) is 6. The lowest BCUT2D eigenvalue weighted by atomic mass is 9.43. The number of aldehydes is 1. The van der Waals surface area contributed by atoms with Crippen LogP contribution in [0, 0.1) is 47.6 Å². The van der Waals surface area contributed by atoms with Crippen molar-refractivity contribution in [1.29, 1.82) is 0 Å². The molecule has 2 N–H and O–H groups in total. The van der Waals surface area contributed by atoms with Gasteiger partial charge in [-0.2, -0.15) is 0 Å². The fourth-order valence-electron chi connectivity index (χ4n) is 18.0. The highest BCUT2D eigenvalue weighted by Crippen LogP contribution is 2.67. The topological polar surface area (TPSA) is 231 Å². The van der Waals surface area contributed by atoms with Gasteiger partial charge in [-0.1, -0.05) is 70.2 Å². The quantitative estimate of drug-likeness (QED) is 0.0408. The lowest BCUT2D eigenvalue weighted by molar-refractivity contribution is -0.199. The molecular weight excluding hydrogens is 1260 g/mol. The van der Waals surface area contributed by atoms with Crippen molar-refractivity contribution >= 4 is 66.5 Å². The highest BCUT2D eigenvalue weighted by molar-refractivity contribution is 6.48. The Labute approximate surface area is 583 Å². The average Bonchev–Trinajstić information content (AvgIpc) is 1.67. The van der Waals surface area contributed by atoms with E-state index in [1.807, 2.05) is 76.2 Å². The minimum atomic E-state index is -0.655. The number of hydrogen-bond acceptors (Lipinski definition) is 17. The molecule has 2 aromatic heterocycles. The number of ether oxygens (including phenoxy) is 4. The highest BCUT2D eigenvalue weighted by atomic mass is 16.7. The minimum Gasteiger partial charge on any atom is -0.464 e. The second-order valence-electron chi connectivity index (χ2n) is 31.6. The molecule has 16 rings (SSSR count). The first-order valence-electron chi connectivity index (χ1n) is 35.9. The molecule has 4 bridgehead atoms. The zero-order chi connectivity index (χ0) is 70.2. The molecule has 0 radical (unpaired) electrons. The van der Waals surface area contributed by atoms with Gasteiger partial charge in [-0.15, -0.1) is 0 Å². The van der Waals surface area contributed by atoms with Gasteiger partial charge in [0.1, 0.15) is 30.7 Å². The maximum absolute atomic E-state index is 13.7. The number of furan rings is 2. The van der Waals surface area contributed by atoms with Crippen LogP contribution in [0.25, 0.3) is 31.6 Å². The first-order valence-corrected chi connectivity index (χ1v) is 35.9. The Morgan fingerprint density at radius 2 is 1.08 bits per heavy atom. The second-order valence-corrected chi connectivity index (χ2v) is 31.6. The summed E-state index contributed by atoms with van der Waals surface area (Å²) in [4.78, 5) is 77.8. The zero-order valence-corrected chi connectivity index (χ0v) is 59.4. The number of rotatable bonds is 18. The average molecular weight is 1360 g/mol. The smallest absolute Gasteiger partial charge is 0.464 e. The molecule has 6 saturated heterocycles. The molecule has 12 fully saturated rings. The van der Waals surface area contributed by atoms with Gasteiger partial charge in [0.2, 0.25) is 5.70 Å². The number of nitrogens with one attached hydrogen (secondary N) is 2. The Morgan fingerprint density at radius 3 is 1.53 bits per heavy atom. The molecule has 8 heterocycles. The highest BCUT2D eigenvalue weighted by Gasteiger charge is 2.70. The number of alkyl carbamates (subject to hydrolysis) is 2. The summed E-state index contributed by atoms with van der Waals surface area (Å²) in [6.07, 6.45) is 13.1. The number of amides is 4. The number of likely N-dealkylation sites (tertiary alicyclic amines) is 2. The zero-order valence-electron chi connectivity index (χ0n) is 59.4. The van der Waals surface area contributed by atoms with Crippen molar-refractivity contribution in [3.8, 4) is 0 Å². The van der Waals surface area contributed by atoms with Crippen LogP contribution in [0.4, 0.5) is 9.59 Å². The summed E-state index contributed by atoms with van der Waals surface area (Å²) in [5, 5.41) is 8.07. The van der Waals surface area contributed by atoms with Crippen LogP contribution in [0.15, 0.2) is 81.7 Å². The van der Waals surface area contributed by atoms with Gasteiger partial charge in [0.25, 0.3) is 12.5 Å².